The van der Waals surface area contributed by atoms with Crippen molar-refractivity contribution in [2.75, 3.05) is 7.11 Å². The lowest BCUT2D eigenvalue weighted by atomic mass is 10.2. The highest BCUT2D eigenvalue weighted by molar-refractivity contribution is 5.75. The second-order valence-corrected chi connectivity index (χ2v) is 2.27. The molecule has 0 unspecified atom stereocenters. The first-order chi connectivity index (χ1) is 4.66. The van der Waals surface area contributed by atoms with E-state index in [0.29, 0.717) is 0 Å². The first-order valence-corrected chi connectivity index (χ1v) is 3.08. The SMILES string of the molecule is COC(=O)[C@H](O)[C@H]1O[C@H]1C. The van der Waals surface area contributed by atoms with Crippen LogP contribution in [0.15, 0.2) is 0 Å². The van der Waals surface area contributed by atoms with Crippen LogP contribution >= 0.6 is 0 Å². The Bertz CT molecular complexity index is 145. The molecule has 0 saturated carbocycles. The van der Waals surface area contributed by atoms with E-state index >= 15 is 0 Å². The second kappa shape index (κ2) is 2.56. The van der Waals surface area contributed by atoms with Crippen LogP contribution in [0.1, 0.15) is 6.92 Å². The molecule has 0 amide bonds. The topological polar surface area (TPSA) is 59.1 Å². The van der Waals surface area contributed by atoms with Crippen LogP contribution in [0, 0.1) is 0 Å². The molecule has 10 heavy (non-hydrogen) atoms. The molecule has 0 aromatic heterocycles. The Balaban J connectivity index is 2.34. The number of aliphatic hydroxyl groups is 1. The summed E-state index contributed by atoms with van der Waals surface area (Å²) < 4.78 is 9.14. The summed E-state index contributed by atoms with van der Waals surface area (Å²) in [5.41, 5.74) is 0. The van der Waals surface area contributed by atoms with Gasteiger partial charge in [-0.05, 0) is 6.92 Å². The van der Waals surface area contributed by atoms with Crippen molar-refractivity contribution < 1.29 is 19.4 Å². The molecule has 0 bridgehead atoms. The molecule has 1 saturated heterocycles. The van der Waals surface area contributed by atoms with Crippen LogP contribution in [0.2, 0.25) is 0 Å². The van der Waals surface area contributed by atoms with Crippen molar-refractivity contribution >= 4 is 5.97 Å². The molecule has 1 heterocycles. The van der Waals surface area contributed by atoms with E-state index in [4.69, 9.17) is 9.84 Å². The van der Waals surface area contributed by atoms with Crippen molar-refractivity contribution in [3.63, 3.8) is 0 Å². The molecular weight excluding hydrogens is 136 g/mol. The first kappa shape index (κ1) is 7.50. The lowest BCUT2D eigenvalue weighted by Gasteiger charge is -2.02. The minimum atomic E-state index is -1.11. The number of esters is 1. The van der Waals surface area contributed by atoms with Gasteiger partial charge in [0.2, 0.25) is 0 Å². The van der Waals surface area contributed by atoms with Crippen LogP contribution in [0.4, 0.5) is 0 Å². The highest BCUT2D eigenvalue weighted by Crippen LogP contribution is 2.24. The predicted octanol–water partition coefficient (Wildman–Crippen LogP) is -0.692. The van der Waals surface area contributed by atoms with Crippen LogP contribution in [0.25, 0.3) is 0 Å². The average Bonchev–Trinajstić information content (AvgIpc) is 2.63. The standard InChI is InChI=1S/C6H10O4/c1-3-5(10-3)4(7)6(8)9-2/h3-5,7H,1-2H3/t3-,4+,5-/m0/s1. The number of hydrogen-bond acceptors (Lipinski definition) is 4. The molecule has 1 aliphatic heterocycles. The van der Waals surface area contributed by atoms with Crippen LogP contribution in [0.3, 0.4) is 0 Å². The normalized spacial score (nSPS) is 33.1. The quantitative estimate of drug-likeness (QED) is 0.413. The van der Waals surface area contributed by atoms with Gasteiger partial charge in [0.1, 0.15) is 6.10 Å². The van der Waals surface area contributed by atoms with Gasteiger partial charge in [0.25, 0.3) is 0 Å². The van der Waals surface area contributed by atoms with Crippen LogP contribution in [0.5, 0.6) is 0 Å². The van der Waals surface area contributed by atoms with Crippen molar-refractivity contribution in [3.8, 4) is 0 Å². The number of methoxy groups -OCH3 is 1. The number of ether oxygens (including phenoxy) is 2. The number of rotatable bonds is 2. The molecular formula is C6H10O4. The molecule has 1 N–H and O–H groups in total. The molecule has 3 atom stereocenters. The first-order valence-electron chi connectivity index (χ1n) is 3.08. The number of epoxide rings is 1. The molecule has 1 fully saturated rings. The number of hydrogen-bond donors (Lipinski definition) is 1. The molecule has 0 radical (unpaired) electrons. The Hall–Kier alpha value is -0.610. The molecule has 4 nitrogen and oxygen atoms in total. The Kier molecular flexibility index (Phi) is 1.92. The van der Waals surface area contributed by atoms with Gasteiger partial charge in [-0.1, -0.05) is 0 Å². The highest BCUT2D eigenvalue weighted by Gasteiger charge is 2.44. The minimum Gasteiger partial charge on any atom is -0.467 e. The van der Waals surface area contributed by atoms with E-state index in [-0.39, 0.29) is 12.2 Å². The number of carbonyl (C=O) groups is 1. The van der Waals surface area contributed by atoms with Gasteiger partial charge < -0.3 is 14.6 Å². The summed E-state index contributed by atoms with van der Waals surface area (Å²) in [5.74, 6) is -0.630. The molecule has 0 aliphatic carbocycles. The summed E-state index contributed by atoms with van der Waals surface area (Å²) in [6.45, 7) is 1.79. The molecule has 0 aromatic rings. The maximum absolute atomic E-state index is 10.6. The zero-order valence-corrected chi connectivity index (χ0v) is 5.90. The fourth-order valence-electron chi connectivity index (χ4n) is 0.788. The summed E-state index contributed by atoms with van der Waals surface area (Å²) >= 11 is 0. The summed E-state index contributed by atoms with van der Waals surface area (Å²) in [4.78, 5) is 10.6. The lowest BCUT2D eigenvalue weighted by Crippen LogP contribution is -2.28. The van der Waals surface area contributed by atoms with Gasteiger partial charge in [0, 0.05) is 0 Å². The summed E-state index contributed by atoms with van der Waals surface area (Å²) in [7, 11) is 1.23. The van der Waals surface area contributed by atoms with E-state index in [1.807, 2.05) is 0 Å². The molecule has 0 spiro atoms. The molecule has 1 aliphatic rings. The van der Waals surface area contributed by atoms with Crippen LogP contribution in [-0.2, 0) is 14.3 Å². The number of carbonyl (C=O) groups excluding carboxylic acids is 1. The van der Waals surface area contributed by atoms with Gasteiger partial charge in [-0.25, -0.2) is 4.79 Å². The van der Waals surface area contributed by atoms with E-state index < -0.39 is 12.1 Å². The number of aliphatic hydroxyl groups excluding tert-OH is 1. The van der Waals surface area contributed by atoms with E-state index in [9.17, 15) is 4.79 Å². The molecule has 0 aromatic carbocycles. The Labute approximate surface area is 58.7 Å². The summed E-state index contributed by atoms with van der Waals surface area (Å²) in [5, 5.41) is 9.03. The molecule has 4 heteroatoms. The zero-order valence-electron chi connectivity index (χ0n) is 5.90. The minimum absolute atomic E-state index is 0.0194. The predicted molar refractivity (Wildman–Crippen MR) is 32.4 cm³/mol. The Morgan fingerprint density at radius 3 is 2.60 bits per heavy atom. The van der Waals surface area contributed by atoms with Gasteiger partial charge in [-0.3, -0.25) is 0 Å². The van der Waals surface area contributed by atoms with E-state index in [1.165, 1.54) is 7.11 Å². The van der Waals surface area contributed by atoms with Crippen molar-refractivity contribution in [2.45, 2.75) is 25.2 Å². The van der Waals surface area contributed by atoms with E-state index in [0.717, 1.165) is 0 Å². The highest BCUT2D eigenvalue weighted by atomic mass is 16.6. The summed E-state index contributed by atoms with van der Waals surface area (Å²) in [6, 6.07) is 0. The fourth-order valence-corrected chi connectivity index (χ4v) is 0.788. The van der Waals surface area contributed by atoms with E-state index in [1.54, 1.807) is 6.92 Å². The summed E-state index contributed by atoms with van der Waals surface area (Å²) in [6.07, 6.45) is -1.48. The van der Waals surface area contributed by atoms with Gasteiger partial charge in [-0.15, -0.1) is 0 Å². The lowest BCUT2D eigenvalue weighted by molar-refractivity contribution is -0.151. The van der Waals surface area contributed by atoms with Crippen LogP contribution < -0.4 is 0 Å². The smallest absolute Gasteiger partial charge is 0.337 e. The van der Waals surface area contributed by atoms with Crippen LogP contribution in [-0.4, -0.2) is 36.5 Å². The third kappa shape index (κ3) is 1.27. The largest absolute Gasteiger partial charge is 0.467 e. The molecule has 1 rings (SSSR count). The van der Waals surface area contributed by atoms with Crippen molar-refractivity contribution in [2.24, 2.45) is 0 Å². The van der Waals surface area contributed by atoms with Gasteiger partial charge in [0.15, 0.2) is 6.10 Å². The van der Waals surface area contributed by atoms with Gasteiger partial charge >= 0.3 is 5.97 Å². The maximum Gasteiger partial charge on any atom is 0.337 e. The maximum atomic E-state index is 10.6. The zero-order chi connectivity index (χ0) is 7.72. The molecule has 58 valence electrons. The van der Waals surface area contributed by atoms with Crippen molar-refractivity contribution in [3.05, 3.63) is 0 Å². The van der Waals surface area contributed by atoms with E-state index in [2.05, 4.69) is 4.74 Å². The second-order valence-electron chi connectivity index (χ2n) is 2.27. The van der Waals surface area contributed by atoms with Gasteiger partial charge in [0.05, 0.1) is 13.2 Å². The van der Waals surface area contributed by atoms with Crippen molar-refractivity contribution in [1.82, 2.24) is 0 Å². The Morgan fingerprint density at radius 1 is 1.80 bits per heavy atom. The Morgan fingerprint density at radius 2 is 2.30 bits per heavy atom. The third-order valence-electron chi connectivity index (χ3n) is 1.51. The van der Waals surface area contributed by atoms with Crippen molar-refractivity contribution in [1.29, 1.82) is 0 Å². The monoisotopic (exact) mass is 146 g/mol. The fraction of sp³-hybridized carbons (Fsp3) is 0.833. The third-order valence-corrected chi connectivity index (χ3v) is 1.51. The van der Waals surface area contributed by atoms with Gasteiger partial charge in [-0.2, -0.15) is 0 Å². The average molecular weight is 146 g/mol.